The summed E-state index contributed by atoms with van der Waals surface area (Å²) in [5, 5.41) is 2.91. The van der Waals surface area contributed by atoms with Gasteiger partial charge in [-0.3, -0.25) is 9.69 Å². The molecular formula is C23H30N4O3S. The number of hydrogen-bond acceptors (Lipinski definition) is 5. The van der Waals surface area contributed by atoms with Crippen LogP contribution < -0.4 is 14.9 Å². The summed E-state index contributed by atoms with van der Waals surface area (Å²) in [4.78, 5) is 17.3. The monoisotopic (exact) mass is 442 g/mol. The molecule has 2 N–H and O–H groups in total. The van der Waals surface area contributed by atoms with E-state index in [1.165, 1.54) is 36.0 Å². The summed E-state index contributed by atoms with van der Waals surface area (Å²) in [7, 11) is -3.58. The van der Waals surface area contributed by atoms with Crippen LogP contribution >= 0.6 is 0 Å². The van der Waals surface area contributed by atoms with Crippen molar-refractivity contribution in [2.75, 3.05) is 50.7 Å². The molecule has 3 rings (SSSR count). The second kappa shape index (κ2) is 11.1. The van der Waals surface area contributed by atoms with Crippen LogP contribution in [0.4, 0.5) is 5.69 Å². The molecule has 0 aliphatic carbocycles. The second-order valence-corrected chi connectivity index (χ2v) is 9.21. The van der Waals surface area contributed by atoms with Gasteiger partial charge < -0.3 is 10.2 Å². The van der Waals surface area contributed by atoms with Crippen molar-refractivity contribution in [1.82, 2.24) is 14.9 Å². The molecule has 0 aromatic heterocycles. The fourth-order valence-electron chi connectivity index (χ4n) is 3.51. The maximum atomic E-state index is 12.3. The van der Waals surface area contributed by atoms with Gasteiger partial charge >= 0.3 is 0 Å². The molecule has 0 bridgehead atoms. The summed E-state index contributed by atoms with van der Waals surface area (Å²) in [6, 6.07) is 16.4. The Morgan fingerprint density at radius 2 is 1.68 bits per heavy atom. The lowest BCUT2D eigenvalue weighted by Gasteiger charge is -2.36. The minimum absolute atomic E-state index is 0.126. The number of nitrogens with one attached hydrogen (secondary N) is 2. The third-order valence-corrected chi connectivity index (χ3v) is 6.71. The summed E-state index contributed by atoms with van der Waals surface area (Å²) in [5.41, 5.74) is 1.71. The molecule has 0 unspecified atom stereocenters. The summed E-state index contributed by atoms with van der Waals surface area (Å²) in [6.07, 6.45) is 2.34. The van der Waals surface area contributed by atoms with Crippen LogP contribution in [0.25, 0.3) is 0 Å². The van der Waals surface area contributed by atoms with Crippen LogP contribution in [-0.4, -0.2) is 65.0 Å². The second-order valence-electron chi connectivity index (χ2n) is 7.44. The third-order valence-electron chi connectivity index (χ3n) is 5.27. The number of carbonyl (C=O) groups excluding carboxylic acids is 1. The van der Waals surface area contributed by atoms with Crippen LogP contribution in [-0.2, 0) is 10.0 Å². The minimum Gasteiger partial charge on any atom is -0.369 e. The molecule has 1 amide bonds. The maximum Gasteiger partial charge on any atom is 0.251 e. The smallest absolute Gasteiger partial charge is 0.251 e. The first-order valence-corrected chi connectivity index (χ1v) is 12.0. The Hall–Kier alpha value is -2.68. The predicted octanol–water partition coefficient (Wildman–Crippen LogP) is 2.09. The van der Waals surface area contributed by atoms with E-state index < -0.39 is 10.0 Å². The van der Waals surface area contributed by atoms with Gasteiger partial charge in [0.2, 0.25) is 10.0 Å². The molecule has 8 heteroatoms. The quantitative estimate of drug-likeness (QED) is 0.435. The minimum atomic E-state index is -3.58. The zero-order valence-electron chi connectivity index (χ0n) is 17.7. The lowest BCUT2D eigenvalue weighted by Crippen LogP contribution is -2.47. The van der Waals surface area contributed by atoms with Crippen molar-refractivity contribution < 1.29 is 13.2 Å². The Morgan fingerprint density at radius 1 is 1.00 bits per heavy atom. The van der Waals surface area contributed by atoms with E-state index in [0.29, 0.717) is 12.1 Å². The molecule has 1 aliphatic rings. The topological polar surface area (TPSA) is 81.7 Å². The summed E-state index contributed by atoms with van der Waals surface area (Å²) in [5.74, 6) is -0.197. The predicted molar refractivity (Wildman–Crippen MR) is 124 cm³/mol. The molecule has 1 heterocycles. The zero-order valence-corrected chi connectivity index (χ0v) is 18.5. The SMILES string of the molecule is C=CCNS(=O)(=O)c1ccc(C(=O)NCCCN2CCN(c3ccccc3)CC2)cc1. The van der Waals surface area contributed by atoms with Crippen LogP contribution in [0.5, 0.6) is 0 Å². The summed E-state index contributed by atoms with van der Waals surface area (Å²) >= 11 is 0. The summed E-state index contributed by atoms with van der Waals surface area (Å²) < 4.78 is 26.5. The highest BCUT2D eigenvalue weighted by molar-refractivity contribution is 7.89. The van der Waals surface area contributed by atoms with Gasteiger partial charge in [-0.05, 0) is 49.4 Å². The highest BCUT2D eigenvalue weighted by atomic mass is 32.2. The maximum absolute atomic E-state index is 12.3. The number of nitrogens with zero attached hydrogens (tertiary/aromatic N) is 2. The number of anilines is 1. The molecule has 2 aromatic carbocycles. The van der Waals surface area contributed by atoms with Gasteiger partial charge in [-0.2, -0.15) is 0 Å². The molecule has 1 saturated heterocycles. The van der Waals surface area contributed by atoms with Crippen LogP contribution in [0.1, 0.15) is 16.8 Å². The van der Waals surface area contributed by atoms with Crippen LogP contribution in [0.2, 0.25) is 0 Å². The van der Waals surface area contributed by atoms with Gasteiger partial charge in [0.15, 0.2) is 0 Å². The van der Waals surface area contributed by atoms with Gasteiger partial charge in [-0.15, -0.1) is 6.58 Å². The lowest BCUT2D eigenvalue weighted by atomic mass is 10.2. The van der Waals surface area contributed by atoms with Gasteiger partial charge in [-0.25, -0.2) is 13.1 Å². The lowest BCUT2D eigenvalue weighted by molar-refractivity contribution is 0.0951. The van der Waals surface area contributed by atoms with Gasteiger partial charge in [0.05, 0.1) is 4.90 Å². The first-order chi connectivity index (χ1) is 15.0. The fraction of sp³-hybridized carbons (Fsp3) is 0.348. The third kappa shape index (κ3) is 6.65. The number of piperazine rings is 1. The van der Waals surface area contributed by atoms with Crippen molar-refractivity contribution in [1.29, 1.82) is 0 Å². The Bertz CT molecular complexity index is 954. The Balaban J connectivity index is 1.37. The Kier molecular flexibility index (Phi) is 8.22. The van der Waals surface area contributed by atoms with E-state index in [1.807, 2.05) is 6.07 Å². The molecule has 0 saturated carbocycles. The largest absolute Gasteiger partial charge is 0.369 e. The first-order valence-electron chi connectivity index (χ1n) is 10.5. The van der Waals surface area contributed by atoms with Crippen molar-refractivity contribution in [3.63, 3.8) is 0 Å². The molecule has 1 fully saturated rings. The average Bonchev–Trinajstić information content (AvgIpc) is 2.81. The van der Waals surface area contributed by atoms with Gasteiger partial charge in [0.1, 0.15) is 0 Å². The first kappa shape index (κ1) is 23.0. The van der Waals surface area contributed by atoms with E-state index in [-0.39, 0.29) is 17.3 Å². The molecular weight excluding hydrogens is 412 g/mol. The number of benzene rings is 2. The Labute approximate surface area is 184 Å². The number of amides is 1. The molecule has 7 nitrogen and oxygen atoms in total. The van der Waals surface area contributed by atoms with E-state index in [4.69, 9.17) is 0 Å². The van der Waals surface area contributed by atoms with Gasteiger partial charge in [0, 0.05) is 50.5 Å². The van der Waals surface area contributed by atoms with E-state index in [9.17, 15) is 13.2 Å². The van der Waals surface area contributed by atoms with Gasteiger partial charge in [-0.1, -0.05) is 24.3 Å². The molecule has 1 aliphatic heterocycles. The van der Waals surface area contributed by atoms with Gasteiger partial charge in [0.25, 0.3) is 5.91 Å². The van der Waals surface area contributed by atoms with Crippen molar-refractivity contribution in [3.8, 4) is 0 Å². The van der Waals surface area contributed by atoms with Crippen molar-refractivity contribution in [2.45, 2.75) is 11.3 Å². The molecule has 0 radical (unpaired) electrons. The van der Waals surface area contributed by atoms with Crippen LogP contribution in [0, 0.1) is 0 Å². The zero-order chi connectivity index (χ0) is 22.1. The van der Waals surface area contributed by atoms with Crippen LogP contribution in [0.15, 0.2) is 72.1 Å². The number of sulfonamides is 1. The van der Waals surface area contributed by atoms with E-state index in [2.05, 4.69) is 50.7 Å². The number of para-hydroxylation sites is 1. The van der Waals surface area contributed by atoms with Crippen LogP contribution in [0.3, 0.4) is 0 Å². The highest BCUT2D eigenvalue weighted by Gasteiger charge is 2.17. The standard InChI is InChI=1S/C23H30N4O3S/c1-2-13-25-31(29,30)22-11-9-20(10-12-22)23(28)24-14-6-15-26-16-18-27(19-17-26)21-7-4-3-5-8-21/h2-5,7-12,25H,1,6,13-19H2,(H,24,28). The van der Waals surface area contributed by atoms with E-state index in [1.54, 1.807) is 0 Å². The number of rotatable bonds is 10. The van der Waals surface area contributed by atoms with Crippen molar-refractivity contribution in [2.24, 2.45) is 0 Å². The average molecular weight is 443 g/mol. The number of hydrogen-bond donors (Lipinski definition) is 2. The molecule has 2 aromatic rings. The summed E-state index contributed by atoms with van der Waals surface area (Å²) in [6.45, 7) is 9.21. The van der Waals surface area contributed by atoms with E-state index in [0.717, 1.165) is 39.1 Å². The molecule has 166 valence electrons. The normalized spacial score (nSPS) is 14.9. The van der Waals surface area contributed by atoms with Crippen molar-refractivity contribution >= 4 is 21.6 Å². The fourth-order valence-corrected chi connectivity index (χ4v) is 4.51. The number of carbonyl (C=O) groups is 1. The molecule has 31 heavy (non-hydrogen) atoms. The molecule has 0 spiro atoms. The molecule has 0 atom stereocenters. The Morgan fingerprint density at radius 3 is 2.32 bits per heavy atom. The highest BCUT2D eigenvalue weighted by Crippen LogP contribution is 2.15. The van der Waals surface area contributed by atoms with Crippen molar-refractivity contribution in [3.05, 3.63) is 72.8 Å². The van der Waals surface area contributed by atoms with E-state index >= 15 is 0 Å².